The van der Waals surface area contributed by atoms with Crippen LogP contribution in [0, 0.1) is 12.7 Å². The van der Waals surface area contributed by atoms with Crippen molar-refractivity contribution in [2.75, 3.05) is 24.3 Å². The molecule has 0 atom stereocenters. The monoisotopic (exact) mass is 302 g/mol. The fourth-order valence-electron chi connectivity index (χ4n) is 2.12. The molecule has 1 aromatic heterocycles. The molecule has 5 heteroatoms. The average molecular weight is 302 g/mol. The summed E-state index contributed by atoms with van der Waals surface area (Å²) in [6, 6.07) is 6.25. The minimum atomic E-state index is -0.435. The predicted octanol–water partition coefficient (Wildman–Crippen LogP) is 4.03. The highest BCUT2D eigenvalue weighted by Crippen LogP contribution is 2.27. The van der Waals surface area contributed by atoms with Gasteiger partial charge in [-0.1, -0.05) is 32.9 Å². The number of rotatable bonds is 3. The molecule has 0 amide bonds. The molecule has 0 aliphatic carbocycles. The lowest BCUT2D eigenvalue weighted by Crippen LogP contribution is -2.14. The van der Waals surface area contributed by atoms with Crippen molar-refractivity contribution in [1.82, 2.24) is 9.97 Å². The van der Waals surface area contributed by atoms with E-state index in [0.717, 1.165) is 11.3 Å². The molecule has 0 unspecified atom stereocenters. The number of nitrogens with zero attached hydrogens (tertiary/aromatic N) is 3. The van der Waals surface area contributed by atoms with E-state index in [9.17, 15) is 4.39 Å². The summed E-state index contributed by atoms with van der Waals surface area (Å²) in [6.07, 6.45) is 1.18. The van der Waals surface area contributed by atoms with Gasteiger partial charge in [0.1, 0.15) is 0 Å². The van der Waals surface area contributed by atoms with E-state index < -0.39 is 5.82 Å². The maximum absolute atomic E-state index is 13.6. The molecule has 4 nitrogen and oxygen atoms in total. The fourth-order valence-corrected chi connectivity index (χ4v) is 2.12. The highest BCUT2D eigenvalue weighted by molar-refractivity contribution is 5.60. The predicted molar refractivity (Wildman–Crippen MR) is 89.5 cm³/mol. The summed E-state index contributed by atoms with van der Waals surface area (Å²) in [6.45, 7) is 8.58. The number of hydrogen-bond donors (Lipinski definition) is 1. The van der Waals surface area contributed by atoms with E-state index >= 15 is 0 Å². The normalized spacial score (nSPS) is 11.4. The van der Waals surface area contributed by atoms with Gasteiger partial charge in [0, 0.05) is 19.8 Å². The van der Waals surface area contributed by atoms with Crippen LogP contribution in [0.25, 0.3) is 0 Å². The second-order valence-corrected chi connectivity index (χ2v) is 6.66. The Kier molecular flexibility index (Phi) is 4.35. The van der Waals surface area contributed by atoms with Crippen LogP contribution < -0.4 is 10.2 Å². The number of halogens is 1. The molecule has 0 saturated carbocycles. The number of aromatic nitrogens is 2. The van der Waals surface area contributed by atoms with Crippen LogP contribution in [-0.2, 0) is 5.41 Å². The topological polar surface area (TPSA) is 41.1 Å². The van der Waals surface area contributed by atoms with Gasteiger partial charge in [0.15, 0.2) is 11.6 Å². The van der Waals surface area contributed by atoms with Crippen molar-refractivity contribution in [2.24, 2.45) is 0 Å². The first-order chi connectivity index (χ1) is 10.2. The number of anilines is 3. The Hall–Kier alpha value is -2.17. The zero-order valence-electron chi connectivity index (χ0n) is 14.0. The second kappa shape index (κ2) is 5.91. The van der Waals surface area contributed by atoms with Crippen molar-refractivity contribution in [3.8, 4) is 0 Å². The van der Waals surface area contributed by atoms with Gasteiger partial charge in [0.2, 0.25) is 5.95 Å². The molecule has 118 valence electrons. The van der Waals surface area contributed by atoms with E-state index in [2.05, 4.69) is 48.2 Å². The Morgan fingerprint density at radius 2 is 1.86 bits per heavy atom. The van der Waals surface area contributed by atoms with Gasteiger partial charge in [-0.25, -0.2) is 9.37 Å². The molecule has 0 aliphatic heterocycles. The molecule has 2 aromatic rings. The quantitative estimate of drug-likeness (QED) is 0.929. The van der Waals surface area contributed by atoms with Gasteiger partial charge in [-0.05, 0) is 29.5 Å². The second-order valence-electron chi connectivity index (χ2n) is 6.66. The smallest absolute Gasteiger partial charge is 0.229 e. The van der Waals surface area contributed by atoms with Crippen LogP contribution in [0.15, 0.2) is 24.4 Å². The van der Waals surface area contributed by atoms with Gasteiger partial charge >= 0.3 is 0 Å². The summed E-state index contributed by atoms with van der Waals surface area (Å²) in [4.78, 5) is 9.84. The van der Waals surface area contributed by atoms with Crippen LogP contribution in [0.2, 0.25) is 0 Å². The summed E-state index contributed by atoms with van der Waals surface area (Å²) >= 11 is 0. The van der Waals surface area contributed by atoms with Gasteiger partial charge in [-0.3, -0.25) is 0 Å². The Balaban J connectivity index is 2.30. The molecule has 1 heterocycles. The minimum Gasteiger partial charge on any atom is -0.360 e. The van der Waals surface area contributed by atoms with Crippen LogP contribution in [0.4, 0.5) is 21.8 Å². The van der Waals surface area contributed by atoms with Crippen LogP contribution >= 0.6 is 0 Å². The maximum Gasteiger partial charge on any atom is 0.229 e. The van der Waals surface area contributed by atoms with E-state index in [1.807, 2.05) is 13.0 Å². The molecular weight excluding hydrogens is 279 g/mol. The lowest BCUT2D eigenvalue weighted by atomic mass is 9.86. The van der Waals surface area contributed by atoms with Crippen molar-refractivity contribution < 1.29 is 4.39 Å². The molecular formula is C17H23FN4. The molecule has 1 aromatic carbocycles. The Morgan fingerprint density at radius 3 is 2.41 bits per heavy atom. The molecule has 0 bridgehead atoms. The van der Waals surface area contributed by atoms with Gasteiger partial charge in [0.05, 0.1) is 6.20 Å². The molecule has 0 fully saturated rings. The number of aryl methyl sites for hydroxylation is 1. The van der Waals surface area contributed by atoms with Crippen LogP contribution in [0.3, 0.4) is 0 Å². The zero-order valence-corrected chi connectivity index (χ0v) is 14.0. The number of nitrogens with one attached hydrogen (secondary N) is 1. The molecule has 0 radical (unpaired) electrons. The third kappa shape index (κ3) is 3.53. The number of hydrogen-bond acceptors (Lipinski definition) is 4. The van der Waals surface area contributed by atoms with E-state index in [1.54, 1.807) is 19.0 Å². The summed E-state index contributed by atoms with van der Waals surface area (Å²) in [5, 5.41) is 3.16. The van der Waals surface area contributed by atoms with Gasteiger partial charge < -0.3 is 10.2 Å². The summed E-state index contributed by atoms with van der Waals surface area (Å²) in [5.74, 6) is 0.216. The summed E-state index contributed by atoms with van der Waals surface area (Å²) in [5.41, 5.74) is 3.40. The summed E-state index contributed by atoms with van der Waals surface area (Å²) in [7, 11) is 3.50. The molecule has 0 saturated heterocycles. The molecule has 0 aliphatic rings. The van der Waals surface area contributed by atoms with Crippen molar-refractivity contribution in [3.05, 3.63) is 41.3 Å². The van der Waals surface area contributed by atoms with E-state index in [4.69, 9.17) is 0 Å². The first-order valence-electron chi connectivity index (χ1n) is 7.26. The van der Waals surface area contributed by atoms with E-state index in [0.29, 0.717) is 5.95 Å². The maximum atomic E-state index is 13.6. The Labute approximate surface area is 131 Å². The van der Waals surface area contributed by atoms with Crippen LogP contribution in [0.1, 0.15) is 31.9 Å². The third-order valence-corrected chi connectivity index (χ3v) is 3.49. The van der Waals surface area contributed by atoms with Gasteiger partial charge in [-0.15, -0.1) is 0 Å². The largest absolute Gasteiger partial charge is 0.360 e. The Morgan fingerprint density at radius 1 is 1.18 bits per heavy atom. The lowest BCUT2D eigenvalue weighted by molar-refractivity contribution is 0.590. The van der Waals surface area contributed by atoms with Crippen LogP contribution in [0.5, 0.6) is 0 Å². The highest BCUT2D eigenvalue weighted by Gasteiger charge is 2.15. The lowest BCUT2D eigenvalue weighted by Gasteiger charge is -2.21. The summed E-state index contributed by atoms with van der Waals surface area (Å²) < 4.78 is 13.6. The molecule has 22 heavy (non-hydrogen) atoms. The Bertz CT molecular complexity index is 675. The van der Waals surface area contributed by atoms with E-state index in [1.165, 1.54) is 11.8 Å². The molecule has 2 rings (SSSR count). The first-order valence-corrected chi connectivity index (χ1v) is 7.26. The highest BCUT2D eigenvalue weighted by atomic mass is 19.1. The van der Waals surface area contributed by atoms with Crippen molar-refractivity contribution in [3.63, 3.8) is 0 Å². The minimum absolute atomic E-state index is 0.105. The van der Waals surface area contributed by atoms with E-state index in [-0.39, 0.29) is 11.2 Å². The SMILES string of the molecule is Cc1cc(C(C)(C)C)ccc1Nc1ncc(F)c(N(C)C)n1. The van der Waals surface area contributed by atoms with Gasteiger partial charge in [-0.2, -0.15) is 4.98 Å². The van der Waals surface area contributed by atoms with Crippen molar-refractivity contribution in [2.45, 2.75) is 33.1 Å². The number of benzene rings is 1. The average Bonchev–Trinajstić information content (AvgIpc) is 2.41. The molecule has 0 spiro atoms. The van der Waals surface area contributed by atoms with Crippen molar-refractivity contribution in [1.29, 1.82) is 0 Å². The van der Waals surface area contributed by atoms with Gasteiger partial charge in [0.25, 0.3) is 0 Å². The first kappa shape index (κ1) is 16.2. The van der Waals surface area contributed by atoms with Crippen molar-refractivity contribution >= 4 is 17.5 Å². The third-order valence-electron chi connectivity index (χ3n) is 3.49. The zero-order chi connectivity index (χ0) is 16.5. The van der Waals surface area contributed by atoms with Crippen LogP contribution in [-0.4, -0.2) is 24.1 Å². The standard InChI is InChI=1S/C17H23FN4/c1-11-9-12(17(2,3)4)7-8-14(11)20-16-19-10-13(18)15(21-16)22(5)6/h7-10H,1-6H3,(H,19,20,21). The molecule has 1 N–H and O–H groups in total. The fraction of sp³-hybridized carbons (Fsp3) is 0.412.